The first kappa shape index (κ1) is 14.7. The van der Waals surface area contributed by atoms with Crippen LogP contribution in [0.2, 0.25) is 0 Å². The van der Waals surface area contributed by atoms with Crippen molar-refractivity contribution in [3.8, 4) is 11.5 Å². The van der Waals surface area contributed by atoms with E-state index in [0.717, 1.165) is 0 Å². The van der Waals surface area contributed by atoms with Gasteiger partial charge in [-0.05, 0) is 36.4 Å². The van der Waals surface area contributed by atoms with E-state index in [1.807, 2.05) is 0 Å². The minimum atomic E-state index is -2.90. The first-order valence-corrected chi connectivity index (χ1v) is 7.28. The highest BCUT2D eigenvalue weighted by Crippen LogP contribution is 2.49. The summed E-state index contributed by atoms with van der Waals surface area (Å²) in [6, 6.07) is 10.8. The third-order valence-electron chi connectivity index (χ3n) is 3.91. The monoisotopic (exact) mass is 332 g/mol. The second-order valence-electron chi connectivity index (χ2n) is 5.69. The van der Waals surface area contributed by atoms with E-state index in [2.05, 4.69) is 10.3 Å². The summed E-state index contributed by atoms with van der Waals surface area (Å²) in [5, 5.41) is 2.44. The van der Waals surface area contributed by atoms with Crippen LogP contribution in [0.3, 0.4) is 0 Å². The van der Waals surface area contributed by atoms with Crippen LogP contribution in [0.1, 0.15) is 6.42 Å². The van der Waals surface area contributed by atoms with Gasteiger partial charge in [0, 0.05) is 17.7 Å². The third kappa shape index (κ3) is 2.51. The molecule has 4 nitrogen and oxygen atoms in total. The Morgan fingerprint density at radius 2 is 1.92 bits per heavy atom. The summed E-state index contributed by atoms with van der Waals surface area (Å²) >= 11 is 0. The largest absolute Gasteiger partial charge is 0.433 e. The maximum atomic E-state index is 13.6. The van der Waals surface area contributed by atoms with Gasteiger partial charge in [0.25, 0.3) is 5.92 Å². The molecule has 1 aliphatic carbocycles. The van der Waals surface area contributed by atoms with Gasteiger partial charge >= 0.3 is 0 Å². The van der Waals surface area contributed by atoms with E-state index in [1.54, 1.807) is 30.3 Å². The minimum absolute atomic E-state index is 0.0702. The molecule has 1 saturated carbocycles. The summed E-state index contributed by atoms with van der Waals surface area (Å²) in [5.74, 6) is -5.11. The predicted octanol–water partition coefficient (Wildman–Crippen LogP) is 4.23. The number of carbonyl (C=O) groups is 1. The molecule has 1 heterocycles. The Morgan fingerprint density at radius 3 is 2.54 bits per heavy atom. The number of halogens is 3. The Hall–Kier alpha value is -2.83. The number of oxazole rings is 1. The quantitative estimate of drug-likeness (QED) is 0.781. The van der Waals surface area contributed by atoms with Crippen LogP contribution < -0.4 is 5.32 Å². The van der Waals surface area contributed by atoms with Crippen LogP contribution in [-0.4, -0.2) is 16.8 Å². The molecule has 24 heavy (non-hydrogen) atoms. The lowest BCUT2D eigenvalue weighted by molar-refractivity contribution is -0.119. The van der Waals surface area contributed by atoms with Gasteiger partial charge in [-0.25, -0.2) is 18.2 Å². The smallest absolute Gasteiger partial charge is 0.260 e. The van der Waals surface area contributed by atoms with Crippen molar-refractivity contribution in [2.75, 3.05) is 5.32 Å². The molecule has 122 valence electrons. The van der Waals surface area contributed by atoms with Crippen molar-refractivity contribution in [2.45, 2.75) is 12.3 Å². The Bertz CT molecular complexity index is 935. The molecule has 0 aliphatic heterocycles. The van der Waals surface area contributed by atoms with E-state index in [4.69, 9.17) is 4.42 Å². The molecule has 1 aliphatic rings. The van der Waals surface area contributed by atoms with Crippen LogP contribution >= 0.6 is 0 Å². The number of anilines is 1. The Kier molecular flexibility index (Phi) is 3.13. The first-order valence-electron chi connectivity index (χ1n) is 7.28. The van der Waals surface area contributed by atoms with E-state index >= 15 is 0 Å². The van der Waals surface area contributed by atoms with Gasteiger partial charge in [-0.15, -0.1) is 0 Å². The van der Waals surface area contributed by atoms with Crippen molar-refractivity contribution in [1.82, 2.24) is 4.98 Å². The number of nitrogens with one attached hydrogen (secondary N) is 1. The van der Waals surface area contributed by atoms with Gasteiger partial charge in [0.2, 0.25) is 11.8 Å². The zero-order chi connectivity index (χ0) is 16.9. The van der Waals surface area contributed by atoms with Crippen molar-refractivity contribution in [3.05, 3.63) is 48.3 Å². The highest BCUT2D eigenvalue weighted by Gasteiger charge is 2.61. The molecule has 2 aromatic carbocycles. The molecule has 1 unspecified atom stereocenters. The number of rotatable bonds is 3. The molecule has 0 saturated heterocycles. The van der Waals surface area contributed by atoms with Gasteiger partial charge in [0.05, 0.1) is 0 Å². The summed E-state index contributed by atoms with van der Waals surface area (Å²) in [6.07, 6.45) is -0.411. The van der Waals surface area contributed by atoms with Gasteiger partial charge in [-0.1, -0.05) is 6.07 Å². The number of nitrogens with zero attached hydrogens (tertiary/aromatic N) is 1. The SMILES string of the molecule is O=C(Nc1ccc(-c2nc3cccc(F)c3o2)cc1)C1CC1(F)F. The fraction of sp³-hybridized carbons (Fsp3) is 0.176. The lowest BCUT2D eigenvalue weighted by atomic mass is 10.2. The lowest BCUT2D eigenvalue weighted by Crippen LogP contribution is -2.17. The van der Waals surface area contributed by atoms with Gasteiger partial charge in [0.1, 0.15) is 11.4 Å². The Balaban J connectivity index is 1.54. The van der Waals surface area contributed by atoms with Crippen molar-refractivity contribution < 1.29 is 22.4 Å². The number of alkyl halides is 2. The zero-order valence-corrected chi connectivity index (χ0v) is 12.2. The Labute approximate surface area is 134 Å². The fourth-order valence-corrected chi connectivity index (χ4v) is 2.46. The topological polar surface area (TPSA) is 55.1 Å². The van der Waals surface area contributed by atoms with Gasteiger partial charge < -0.3 is 9.73 Å². The summed E-state index contributed by atoms with van der Waals surface area (Å²) in [4.78, 5) is 15.8. The fourth-order valence-electron chi connectivity index (χ4n) is 2.46. The van der Waals surface area contributed by atoms with Crippen LogP contribution in [0.5, 0.6) is 0 Å². The van der Waals surface area contributed by atoms with E-state index in [1.165, 1.54) is 12.1 Å². The Morgan fingerprint density at radius 1 is 1.21 bits per heavy atom. The van der Waals surface area contributed by atoms with E-state index in [9.17, 15) is 18.0 Å². The van der Waals surface area contributed by atoms with Gasteiger partial charge in [-0.3, -0.25) is 4.79 Å². The van der Waals surface area contributed by atoms with Crippen molar-refractivity contribution >= 4 is 22.7 Å². The summed E-state index contributed by atoms with van der Waals surface area (Å²) in [7, 11) is 0. The number of carbonyl (C=O) groups excluding carboxylic acids is 1. The first-order chi connectivity index (χ1) is 11.4. The lowest BCUT2D eigenvalue weighted by Gasteiger charge is -2.05. The maximum Gasteiger partial charge on any atom is 0.260 e. The third-order valence-corrected chi connectivity index (χ3v) is 3.91. The molecule has 7 heteroatoms. The predicted molar refractivity (Wildman–Crippen MR) is 81.1 cm³/mol. The normalized spacial score (nSPS) is 18.5. The second kappa shape index (κ2) is 5.09. The van der Waals surface area contributed by atoms with Crippen molar-refractivity contribution in [3.63, 3.8) is 0 Å². The summed E-state index contributed by atoms with van der Waals surface area (Å²) < 4.78 is 44.7. The molecular formula is C17H11F3N2O2. The van der Waals surface area contributed by atoms with E-state index < -0.39 is 30.0 Å². The molecule has 0 bridgehead atoms. The number of hydrogen-bond acceptors (Lipinski definition) is 3. The molecule has 0 spiro atoms. The van der Waals surface area contributed by atoms with Crippen molar-refractivity contribution in [2.24, 2.45) is 5.92 Å². The summed E-state index contributed by atoms with van der Waals surface area (Å²) in [5.41, 5.74) is 1.45. The average Bonchev–Trinajstić information content (AvgIpc) is 2.99. The van der Waals surface area contributed by atoms with Crippen LogP contribution in [0.25, 0.3) is 22.6 Å². The standard InChI is InChI=1S/C17H11F3N2O2/c18-12-2-1-3-13-14(12)24-16(22-13)9-4-6-10(7-5-9)21-15(23)11-8-17(11,19)20/h1-7,11H,8H2,(H,21,23). The van der Waals surface area contributed by atoms with Gasteiger partial charge in [-0.2, -0.15) is 0 Å². The zero-order valence-electron chi connectivity index (χ0n) is 12.2. The molecule has 0 radical (unpaired) electrons. The molecule has 1 aromatic heterocycles. The highest BCUT2D eigenvalue weighted by molar-refractivity contribution is 5.95. The maximum absolute atomic E-state index is 13.6. The van der Waals surface area contributed by atoms with Crippen LogP contribution in [-0.2, 0) is 4.79 Å². The van der Waals surface area contributed by atoms with Crippen LogP contribution in [0, 0.1) is 11.7 Å². The van der Waals surface area contributed by atoms with Crippen molar-refractivity contribution in [1.29, 1.82) is 0 Å². The van der Waals surface area contributed by atoms with Gasteiger partial charge in [0.15, 0.2) is 11.4 Å². The van der Waals surface area contributed by atoms with Crippen LogP contribution in [0.4, 0.5) is 18.9 Å². The molecule has 1 amide bonds. The second-order valence-corrected chi connectivity index (χ2v) is 5.69. The number of para-hydroxylation sites is 1. The number of hydrogen-bond donors (Lipinski definition) is 1. The molecule has 4 rings (SSSR count). The summed E-state index contributed by atoms with van der Waals surface area (Å²) in [6.45, 7) is 0. The number of aromatic nitrogens is 1. The highest BCUT2D eigenvalue weighted by atomic mass is 19.3. The number of amides is 1. The molecular weight excluding hydrogens is 321 g/mol. The average molecular weight is 332 g/mol. The number of fused-ring (bicyclic) bond motifs is 1. The molecule has 3 aromatic rings. The molecule has 1 fully saturated rings. The van der Waals surface area contributed by atoms with Crippen LogP contribution in [0.15, 0.2) is 46.9 Å². The van der Waals surface area contributed by atoms with E-state index in [0.29, 0.717) is 16.8 Å². The van der Waals surface area contributed by atoms with E-state index in [-0.39, 0.29) is 11.5 Å². The number of benzene rings is 2. The molecule has 1 N–H and O–H groups in total. The molecule has 1 atom stereocenters. The minimum Gasteiger partial charge on any atom is -0.433 e.